The smallest absolute Gasteiger partial charge is 0.294 e. The Balaban J connectivity index is 1.76. The zero-order valence-electron chi connectivity index (χ0n) is 18.2. The summed E-state index contributed by atoms with van der Waals surface area (Å²) >= 11 is 2.87. The zero-order chi connectivity index (χ0) is 24.1. The molecule has 1 fully saturated rings. The summed E-state index contributed by atoms with van der Waals surface area (Å²) in [6.45, 7) is 3.57. The summed E-state index contributed by atoms with van der Waals surface area (Å²) in [5.74, 6) is 2.39. The number of thioether (sulfide) groups is 1. The molecule has 0 aromatic heterocycles. The summed E-state index contributed by atoms with van der Waals surface area (Å²) in [4.78, 5) is 38.9. The lowest BCUT2D eigenvalue weighted by Gasteiger charge is -2.13. The molecular weight excluding hydrogens is 555 g/mol. The van der Waals surface area contributed by atoms with Crippen LogP contribution >= 0.6 is 34.4 Å². The summed E-state index contributed by atoms with van der Waals surface area (Å²) in [5, 5.41) is 2.24. The highest BCUT2D eigenvalue weighted by Crippen LogP contribution is 2.37. The molecule has 0 atom stereocenters. The Kier molecular flexibility index (Phi) is 8.05. The number of aryl methyl sites for hydroxylation is 2. The van der Waals surface area contributed by atoms with E-state index >= 15 is 0 Å². The van der Waals surface area contributed by atoms with Gasteiger partial charge in [-0.1, -0.05) is 12.0 Å². The molecule has 2 aromatic rings. The SMILES string of the molecule is C#CCOc1c(I)cc(/C=C2/SC(=O)N(CC(=O)Nc3cc(C)cc(C)c3)C2=O)cc1OC. The topological polar surface area (TPSA) is 84.9 Å². The molecule has 3 amide bonds. The standard InChI is InChI=1S/C24H21IN2O5S/c1-5-6-32-22-18(25)10-16(11-19(22)31-4)12-20-23(29)27(24(30)33-20)13-21(28)26-17-8-14(2)7-15(3)9-17/h1,7-12H,6,13H2,2-4H3,(H,26,28)/b20-12+. The van der Waals surface area contributed by atoms with Gasteiger partial charge in [0.05, 0.1) is 15.6 Å². The Morgan fingerprint density at radius 3 is 2.55 bits per heavy atom. The average molecular weight is 576 g/mol. The lowest BCUT2D eigenvalue weighted by Crippen LogP contribution is -2.36. The number of carbonyl (C=O) groups is 3. The minimum Gasteiger partial charge on any atom is -0.493 e. The highest BCUT2D eigenvalue weighted by atomic mass is 127. The third kappa shape index (κ3) is 6.09. The zero-order valence-corrected chi connectivity index (χ0v) is 21.2. The van der Waals surface area contributed by atoms with E-state index in [0.29, 0.717) is 22.7 Å². The second kappa shape index (κ2) is 10.8. The number of benzene rings is 2. The maximum atomic E-state index is 12.8. The molecule has 1 aliphatic rings. The van der Waals surface area contributed by atoms with Gasteiger partial charge in [-0.05, 0) is 95.2 Å². The molecule has 1 N–H and O–H groups in total. The molecule has 1 saturated heterocycles. The van der Waals surface area contributed by atoms with Crippen LogP contribution in [-0.2, 0) is 9.59 Å². The number of nitrogens with zero attached hydrogens (tertiary/aromatic N) is 1. The number of amides is 3. The summed E-state index contributed by atoms with van der Waals surface area (Å²) in [5.41, 5.74) is 3.27. The third-order valence-corrected chi connectivity index (χ3v) is 6.24. The molecular formula is C24H21IN2O5S. The number of anilines is 1. The van der Waals surface area contributed by atoms with Gasteiger partial charge in [0.25, 0.3) is 11.1 Å². The fourth-order valence-electron chi connectivity index (χ4n) is 3.26. The van der Waals surface area contributed by atoms with Crippen molar-refractivity contribution < 1.29 is 23.9 Å². The number of hydrogen-bond donors (Lipinski definition) is 1. The maximum absolute atomic E-state index is 12.8. The Morgan fingerprint density at radius 1 is 1.21 bits per heavy atom. The number of carbonyl (C=O) groups excluding carboxylic acids is 3. The van der Waals surface area contributed by atoms with Crippen molar-refractivity contribution in [3.63, 3.8) is 0 Å². The molecule has 0 bridgehead atoms. The molecule has 0 saturated carbocycles. The summed E-state index contributed by atoms with van der Waals surface area (Å²) in [6.07, 6.45) is 6.84. The van der Waals surface area contributed by atoms with Gasteiger partial charge in [0.2, 0.25) is 5.91 Å². The minimum absolute atomic E-state index is 0.0920. The van der Waals surface area contributed by atoms with Crippen LogP contribution in [0.1, 0.15) is 16.7 Å². The van der Waals surface area contributed by atoms with Crippen LogP contribution in [0.2, 0.25) is 0 Å². The largest absolute Gasteiger partial charge is 0.493 e. The average Bonchev–Trinajstić information content (AvgIpc) is 2.99. The van der Waals surface area contributed by atoms with Gasteiger partial charge in [0.15, 0.2) is 11.5 Å². The van der Waals surface area contributed by atoms with E-state index in [0.717, 1.165) is 31.4 Å². The van der Waals surface area contributed by atoms with E-state index in [1.54, 1.807) is 18.2 Å². The Hall–Kier alpha value is -2.97. The van der Waals surface area contributed by atoms with Crippen LogP contribution in [0.3, 0.4) is 0 Å². The highest BCUT2D eigenvalue weighted by molar-refractivity contribution is 14.1. The van der Waals surface area contributed by atoms with E-state index in [4.69, 9.17) is 15.9 Å². The van der Waals surface area contributed by atoms with Crippen LogP contribution in [-0.4, -0.2) is 42.2 Å². The number of halogens is 1. The normalized spacial score (nSPS) is 14.4. The van der Waals surface area contributed by atoms with Crippen LogP contribution in [0.5, 0.6) is 11.5 Å². The van der Waals surface area contributed by atoms with E-state index < -0.39 is 17.1 Å². The lowest BCUT2D eigenvalue weighted by atomic mass is 10.1. The van der Waals surface area contributed by atoms with Crippen molar-refractivity contribution in [2.45, 2.75) is 13.8 Å². The monoisotopic (exact) mass is 576 g/mol. The van der Waals surface area contributed by atoms with E-state index in [-0.39, 0.29) is 18.1 Å². The number of terminal acetylenes is 1. The van der Waals surface area contributed by atoms with E-state index in [9.17, 15) is 14.4 Å². The van der Waals surface area contributed by atoms with Crippen molar-refractivity contribution in [2.24, 2.45) is 0 Å². The Morgan fingerprint density at radius 2 is 1.91 bits per heavy atom. The van der Waals surface area contributed by atoms with Crippen molar-refractivity contribution in [1.29, 1.82) is 0 Å². The first-order chi connectivity index (χ1) is 15.7. The van der Waals surface area contributed by atoms with Crippen LogP contribution in [0.25, 0.3) is 6.08 Å². The van der Waals surface area contributed by atoms with Crippen molar-refractivity contribution >= 4 is 63.2 Å². The predicted molar refractivity (Wildman–Crippen MR) is 137 cm³/mol. The number of nitrogens with one attached hydrogen (secondary N) is 1. The number of methoxy groups -OCH3 is 1. The van der Waals surface area contributed by atoms with Gasteiger partial charge < -0.3 is 14.8 Å². The molecule has 170 valence electrons. The number of rotatable bonds is 7. The van der Waals surface area contributed by atoms with Crippen molar-refractivity contribution in [1.82, 2.24) is 4.90 Å². The van der Waals surface area contributed by atoms with Gasteiger partial charge in [0, 0.05) is 5.69 Å². The van der Waals surface area contributed by atoms with Gasteiger partial charge in [-0.15, -0.1) is 6.42 Å². The van der Waals surface area contributed by atoms with Crippen molar-refractivity contribution in [3.05, 3.63) is 55.5 Å². The summed E-state index contributed by atoms with van der Waals surface area (Å²) in [7, 11) is 1.50. The van der Waals surface area contributed by atoms with Crippen molar-refractivity contribution in [3.8, 4) is 23.8 Å². The Bertz CT molecular complexity index is 1180. The molecule has 33 heavy (non-hydrogen) atoms. The quantitative estimate of drug-likeness (QED) is 0.295. The molecule has 0 unspecified atom stereocenters. The van der Waals surface area contributed by atoms with Crippen LogP contribution in [0.15, 0.2) is 35.2 Å². The second-order valence-corrected chi connectivity index (χ2v) is 9.37. The van der Waals surface area contributed by atoms with Gasteiger partial charge >= 0.3 is 0 Å². The first kappa shape index (κ1) is 24.7. The predicted octanol–water partition coefficient (Wildman–Crippen LogP) is 4.60. The van der Waals surface area contributed by atoms with Crippen LogP contribution < -0.4 is 14.8 Å². The highest BCUT2D eigenvalue weighted by Gasteiger charge is 2.36. The van der Waals surface area contributed by atoms with E-state index in [1.165, 1.54) is 7.11 Å². The first-order valence-corrected chi connectivity index (χ1v) is 11.7. The number of ether oxygens (including phenoxy) is 2. The molecule has 0 radical (unpaired) electrons. The first-order valence-electron chi connectivity index (χ1n) is 9.79. The molecule has 3 rings (SSSR count). The molecule has 2 aromatic carbocycles. The number of imide groups is 1. The fourth-order valence-corrected chi connectivity index (χ4v) is 4.88. The molecule has 9 heteroatoms. The van der Waals surface area contributed by atoms with Gasteiger partial charge in [-0.25, -0.2) is 0 Å². The molecule has 7 nitrogen and oxygen atoms in total. The van der Waals surface area contributed by atoms with Gasteiger partial charge in [-0.3, -0.25) is 19.3 Å². The Labute approximate surface area is 210 Å². The summed E-state index contributed by atoms with van der Waals surface area (Å²) < 4.78 is 11.6. The third-order valence-electron chi connectivity index (χ3n) is 4.53. The summed E-state index contributed by atoms with van der Waals surface area (Å²) in [6, 6.07) is 9.11. The van der Waals surface area contributed by atoms with Gasteiger partial charge in [0.1, 0.15) is 13.2 Å². The molecule has 1 aliphatic heterocycles. The van der Waals surface area contributed by atoms with Gasteiger partial charge in [-0.2, -0.15) is 0 Å². The second-order valence-electron chi connectivity index (χ2n) is 7.22. The number of hydrogen-bond acceptors (Lipinski definition) is 6. The van der Waals surface area contributed by atoms with Crippen molar-refractivity contribution in [2.75, 3.05) is 25.6 Å². The van der Waals surface area contributed by atoms with Crippen LogP contribution in [0, 0.1) is 29.8 Å². The fraction of sp³-hybridized carbons (Fsp3) is 0.208. The minimum atomic E-state index is -0.526. The van der Waals surface area contributed by atoms with E-state index in [2.05, 4.69) is 33.8 Å². The maximum Gasteiger partial charge on any atom is 0.294 e. The van der Waals surface area contributed by atoms with E-state index in [1.807, 2.05) is 32.0 Å². The molecule has 1 heterocycles. The molecule has 0 spiro atoms. The lowest BCUT2D eigenvalue weighted by molar-refractivity contribution is -0.127. The van der Waals surface area contributed by atoms with Crippen LogP contribution in [0.4, 0.5) is 10.5 Å². The molecule has 0 aliphatic carbocycles.